The number of anilines is 2. The highest BCUT2D eigenvalue weighted by Gasteiger charge is 2.51. The van der Waals surface area contributed by atoms with Crippen LogP contribution in [0.3, 0.4) is 0 Å². The first-order valence-electron chi connectivity index (χ1n) is 8.87. The molecule has 0 atom stereocenters. The Hall–Kier alpha value is -2.02. The Morgan fingerprint density at radius 2 is 1.67 bits per heavy atom. The molecule has 0 spiro atoms. The van der Waals surface area contributed by atoms with Crippen molar-refractivity contribution in [1.82, 2.24) is 0 Å². The predicted octanol–water partition coefficient (Wildman–Crippen LogP) is 4.59. The second-order valence-electron chi connectivity index (χ2n) is 7.78. The number of urea groups is 1. The van der Waals surface area contributed by atoms with Crippen molar-refractivity contribution in [1.29, 1.82) is 0 Å². The standard InChI is InChI=1S/C20H24BClN2O3/c1-13-9-10-16(22)17(11-13)24-18(25)23-15-8-6-7-14(12-15)21-26-19(2,3)20(4,5)27-21/h6-12H,1-5H3,(H2,23,24,25). The van der Waals surface area contributed by atoms with Gasteiger partial charge in [-0.05, 0) is 69.9 Å². The molecular weight excluding hydrogens is 362 g/mol. The molecule has 7 heteroatoms. The number of rotatable bonds is 3. The van der Waals surface area contributed by atoms with Crippen LogP contribution in [0.5, 0.6) is 0 Å². The molecule has 0 aliphatic carbocycles. The first kappa shape index (κ1) is 19.7. The molecule has 0 unspecified atom stereocenters. The number of carbonyl (C=O) groups excluding carboxylic acids is 1. The van der Waals surface area contributed by atoms with Crippen molar-refractivity contribution in [3.8, 4) is 0 Å². The Morgan fingerprint density at radius 1 is 1.00 bits per heavy atom. The average molecular weight is 387 g/mol. The van der Waals surface area contributed by atoms with Gasteiger partial charge < -0.3 is 19.9 Å². The molecule has 3 rings (SSSR count). The van der Waals surface area contributed by atoms with Crippen LogP contribution >= 0.6 is 11.6 Å². The lowest BCUT2D eigenvalue weighted by Gasteiger charge is -2.32. The number of nitrogens with one attached hydrogen (secondary N) is 2. The van der Waals surface area contributed by atoms with Gasteiger partial charge in [0.1, 0.15) is 0 Å². The molecule has 2 aromatic carbocycles. The molecule has 2 amide bonds. The molecule has 1 saturated heterocycles. The van der Waals surface area contributed by atoms with Crippen molar-refractivity contribution >= 4 is 41.6 Å². The number of hydrogen-bond acceptors (Lipinski definition) is 3. The lowest BCUT2D eigenvalue weighted by molar-refractivity contribution is 0.00578. The Balaban J connectivity index is 1.71. The smallest absolute Gasteiger partial charge is 0.399 e. The lowest BCUT2D eigenvalue weighted by atomic mass is 9.79. The van der Waals surface area contributed by atoms with Gasteiger partial charge in [-0.1, -0.05) is 29.8 Å². The molecule has 0 saturated carbocycles. The maximum absolute atomic E-state index is 12.3. The molecule has 2 N–H and O–H groups in total. The van der Waals surface area contributed by atoms with E-state index in [9.17, 15) is 4.79 Å². The molecule has 1 fully saturated rings. The molecule has 1 heterocycles. The number of aryl methyl sites for hydroxylation is 1. The number of carbonyl (C=O) groups is 1. The van der Waals surface area contributed by atoms with E-state index in [1.54, 1.807) is 6.07 Å². The van der Waals surface area contributed by atoms with Crippen molar-refractivity contribution < 1.29 is 14.1 Å². The fourth-order valence-electron chi connectivity index (χ4n) is 2.76. The zero-order valence-electron chi connectivity index (χ0n) is 16.2. The third-order valence-corrected chi connectivity index (χ3v) is 5.37. The fraction of sp³-hybridized carbons (Fsp3) is 0.350. The Kier molecular flexibility index (Phi) is 5.26. The van der Waals surface area contributed by atoms with Crippen LogP contribution in [0.1, 0.15) is 33.3 Å². The van der Waals surface area contributed by atoms with Crippen LogP contribution in [-0.4, -0.2) is 24.4 Å². The predicted molar refractivity (Wildman–Crippen MR) is 111 cm³/mol. The topological polar surface area (TPSA) is 59.6 Å². The molecular formula is C20H24BClN2O3. The van der Waals surface area contributed by atoms with Gasteiger partial charge in [-0.2, -0.15) is 0 Å². The molecule has 5 nitrogen and oxygen atoms in total. The quantitative estimate of drug-likeness (QED) is 0.758. The van der Waals surface area contributed by atoms with Crippen LogP contribution in [0.15, 0.2) is 42.5 Å². The van der Waals surface area contributed by atoms with Gasteiger partial charge in [0, 0.05) is 5.69 Å². The Bertz CT molecular complexity index is 854. The first-order chi connectivity index (χ1) is 12.6. The summed E-state index contributed by atoms with van der Waals surface area (Å²) in [6.45, 7) is 9.97. The summed E-state index contributed by atoms with van der Waals surface area (Å²) in [5.41, 5.74) is 2.23. The molecule has 142 valence electrons. The van der Waals surface area contributed by atoms with Gasteiger partial charge in [0.25, 0.3) is 0 Å². The van der Waals surface area contributed by atoms with Crippen LogP contribution < -0.4 is 16.1 Å². The van der Waals surface area contributed by atoms with Gasteiger partial charge in [0.05, 0.1) is 21.9 Å². The molecule has 1 aliphatic heterocycles. The summed E-state index contributed by atoms with van der Waals surface area (Å²) in [4.78, 5) is 12.3. The summed E-state index contributed by atoms with van der Waals surface area (Å²) in [6, 6.07) is 12.5. The maximum atomic E-state index is 12.3. The Morgan fingerprint density at radius 3 is 2.33 bits per heavy atom. The summed E-state index contributed by atoms with van der Waals surface area (Å²) in [7, 11) is -0.481. The van der Waals surface area contributed by atoms with Gasteiger partial charge in [-0.3, -0.25) is 0 Å². The molecule has 0 radical (unpaired) electrons. The zero-order chi connectivity index (χ0) is 19.8. The van der Waals surface area contributed by atoms with Crippen LogP contribution in [0, 0.1) is 6.92 Å². The second kappa shape index (κ2) is 7.19. The van der Waals surface area contributed by atoms with Crippen molar-refractivity contribution in [3.05, 3.63) is 53.1 Å². The summed E-state index contributed by atoms with van der Waals surface area (Å²) in [5.74, 6) is 0. The highest BCUT2D eigenvalue weighted by atomic mass is 35.5. The second-order valence-corrected chi connectivity index (χ2v) is 8.18. The van der Waals surface area contributed by atoms with Gasteiger partial charge >= 0.3 is 13.1 Å². The minimum Gasteiger partial charge on any atom is -0.399 e. The third kappa shape index (κ3) is 4.29. The van der Waals surface area contributed by atoms with E-state index in [1.807, 2.05) is 71.0 Å². The Labute approximate surface area is 165 Å². The van der Waals surface area contributed by atoms with Crippen LogP contribution in [0.25, 0.3) is 0 Å². The molecule has 1 aliphatic rings. The molecule has 27 heavy (non-hydrogen) atoms. The number of benzene rings is 2. The van der Waals surface area contributed by atoms with E-state index >= 15 is 0 Å². The number of halogens is 1. The van der Waals surface area contributed by atoms with Crippen LogP contribution in [-0.2, 0) is 9.31 Å². The molecule has 0 aromatic heterocycles. The van der Waals surface area contributed by atoms with Gasteiger partial charge in [-0.25, -0.2) is 4.79 Å². The van der Waals surface area contributed by atoms with Crippen molar-refractivity contribution in [2.24, 2.45) is 0 Å². The lowest BCUT2D eigenvalue weighted by Crippen LogP contribution is -2.41. The largest absolute Gasteiger partial charge is 0.494 e. The van der Waals surface area contributed by atoms with Crippen molar-refractivity contribution in [2.45, 2.75) is 45.8 Å². The SMILES string of the molecule is Cc1ccc(Cl)c(NC(=O)Nc2cccc(B3OC(C)(C)C(C)(C)O3)c2)c1. The molecule has 2 aromatic rings. The first-order valence-corrected chi connectivity index (χ1v) is 9.25. The minimum absolute atomic E-state index is 0.367. The third-order valence-electron chi connectivity index (χ3n) is 5.04. The number of hydrogen-bond donors (Lipinski definition) is 2. The van der Waals surface area contributed by atoms with Gasteiger partial charge in [-0.15, -0.1) is 0 Å². The highest BCUT2D eigenvalue weighted by Crippen LogP contribution is 2.36. The van der Waals surface area contributed by atoms with Crippen LogP contribution in [0.2, 0.25) is 5.02 Å². The van der Waals surface area contributed by atoms with E-state index < -0.39 is 18.3 Å². The van der Waals surface area contributed by atoms with Crippen molar-refractivity contribution in [3.63, 3.8) is 0 Å². The van der Waals surface area contributed by atoms with E-state index in [-0.39, 0.29) is 6.03 Å². The van der Waals surface area contributed by atoms with E-state index in [0.717, 1.165) is 11.0 Å². The van der Waals surface area contributed by atoms with Crippen LogP contribution in [0.4, 0.5) is 16.2 Å². The van der Waals surface area contributed by atoms with Gasteiger partial charge in [0.15, 0.2) is 0 Å². The molecule has 0 bridgehead atoms. The monoisotopic (exact) mass is 386 g/mol. The van der Waals surface area contributed by atoms with E-state index in [4.69, 9.17) is 20.9 Å². The minimum atomic E-state index is -0.481. The van der Waals surface area contributed by atoms with E-state index in [0.29, 0.717) is 16.4 Å². The van der Waals surface area contributed by atoms with Crippen molar-refractivity contribution in [2.75, 3.05) is 10.6 Å². The zero-order valence-corrected chi connectivity index (χ0v) is 17.0. The summed E-state index contributed by atoms with van der Waals surface area (Å²) in [6.07, 6.45) is 0. The van der Waals surface area contributed by atoms with Gasteiger partial charge in [0.2, 0.25) is 0 Å². The summed E-state index contributed by atoms with van der Waals surface area (Å²) < 4.78 is 12.1. The fourth-order valence-corrected chi connectivity index (χ4v) is 2.93. The maximum Gasteiger partial charge on any atom is 0.494 e. The normalized spacial score (nSPS) is 17.6. The number of amides is 2. The van der Waals surface area contributed by atoms with E-state index in [1.165, 1.54) is 0 Å². The average Bonchev–Trinajstić information content (AvgIpc) is 2.79. The highest BCUT2D eigenvalue weighted by molar-refractivity contribution is 6.62. The van der Waals surface area contributed by atoms with E-state index in [2.05, 4.69) is 10.6 Å². The summed E-state index contributed by atoms with van der Waals surface area (Å²) >= 11 is 6.13. The summed E-state index contributed by atoms with van der Waals surface area (Å²) in [5, 5.41) is 6.08.